The highest BCUT2D eigenvalue weighted by Crippen LogP contribution is 2.24. The van der Waals surface area contributed by atoms with E-state index in [1.54, 1.807) is 6.20 Å². The second-order valence-corrected chi connectivity index (χ2v) is 3.36. The van der Waals surface area contributed by atoms with Crippen molar-refractivity contribution in [1.82, 2.24) is 5.06 Å². The second kappa shape index (κ2) is 3.84. The van der Waals surface area contributed by atoms with E-state index in [-0.39, 0.29) is 11.2 Å². The van der Waals surface area contributed by atoms with Gasteiger partial charge in [0, 0.05) is 11.8 Å². The molecule has 1 aromatic carbocycles. The lowest BCUT2D eigenvalue weighted by molar-refractivity contribution is -0.145. The molecule has 1 amide bonds. The van der Waals surface area contributed by atoms with E-state index in [1.165, 1.54) is 5.06 Å². The smallest absolute Gasteiger partial charge is 0.270 e. The first kappa shape index (κ1) is 9.27. The van der Waals surface area contributed by atoms with Crippen LogP contribution in [0.3, 0.4) is 0 Å². The Kier molecular flexibility index (Phi) is 2.54. The standard InChI is InChI=1S/C10H8BrNO2/c11-7-10(13)12-6-5-8-3-1-2-4-9(8)14-12/h1-6H,7H2. The number of fused-ring (bicyclic) bond motifs is 1. The predicted molar refractivity (Wildman–Crippen MR) is 56.7 cm³/mol. The van der Waals surface area contributed by atoms with Gasteiger partial charge in [-0.15, -0.1) is 5.06 Å². The highest BCUT2D eigenvalue weighted by atomic mass is 79.9. The van der Waals surface area contributed by atoms with Gasteiger partial charge < -0.3 is 4.84 Å². The number of hydrogen-bond donors (Lipinski definition) is 0. The molecule has 14 heavy (non-hydrogen) atoms. The van der Waals surface area contributed by atoms with Crippen LogP contribution in [-0.4, -0.2) is 16.3 Å². The molecular weight excluding hydrogens is 246 g/mol. The molecule has 1 aliphatic rings. The van der Waals surface area contributed by atoms with E-state index >= 15 is 0 Å². The van der Waals surface area contributed by atoms with Crippen LogP contribution >= 0.6 is 15.9 Å². The number of halogens is 1. The third-order valence-electron chi connectivity index (χ3n) is 1.87. The van der Waals surface area contributed by atoms with E-state index in [0.29, 0.717) is 5.75 Å². The van der Waals surface area contributed by atoms with Gasteiger partial charge in [0.15, 0.2) is 5.75 Å². The number of alkyl halides is 1. The summed E-state index contributed by atoms with van der Waals surface area (Å²) in [7, 11) is 0. The van der Waals surface area contributed by atoms with Gasteiger partial charge in [0.05, 0.1) is 5.33 Å². The van der Waals surface area contributed by atoms with Crippen LogP contribution in [0.2, 0.25) is 0 Å². The minimum atomic E-state index is -0.129. The number of nitrogens with zero attached hydrogens (tertiary/aromatic N) is 1. The number of hydroxylamine groups is 2. The monoisotopic (exact) mass is 253 g/mol. The summed E-state index contributed by atoms with van der Waals surface area (Å²) in [5.74, 6) is 0.569. The molecule has 0 bridgehead atoms. The second-order valence-electron chi connectivity index (χ2n) is 2.80. The summed E-state index contributed by atoms with van der Waals surface area (Å²) in [6.45, 7) is 0. The fourth-order valence-electron chi connectivity index (χ4n) is 1.18. The van der Waals surface area contributed by atoms with Crippen LogP contribution in [0, 0.1) is 0 Å². The molecule has 1 heterocycles. The summed E-state index contributed by atoms with van der Waals surface area (Å²) in [6.07, 6.45) is 3.46. The summed E-state index contributed by atoms with van der Waals surface area (Å²) in [5, 5.41) is 1.47. The average Bonchev–Trinajstić information content (AvgIpc) is 2.27. The molecule has 2 rings (SSSR count). The zero-order chi connectivity index (χ0) is 9.97. The van der Waals surface area contributed by atoms with Gasteiger partial charge >= 0.3 is 0 Å². The molecule has 1 aliphatic heterocycles. The Bertz CT molecular complexity index is 389. The van der Waals surface area contributed by atoms with Crippen molar-refractivity contribution in [2.75, 3.05) is 5.33 Å². The van der Waals surface area contributed by atoms with Gasteiger partial charge in [0.2, 0.25) is 0 Å². The molecule has 0 fully saturated rings. The molecule has 0 spiro atoms. The van der Waals surface area contributed by atoms with Gasteiger partial charge in [0.1, 0.15) is 0 Å². The Morgan fingerprint density at radius 1 is 1.43 bits per heavy atom. The zero-order valence-electron chi connectivity index (χ0n) is 7.31. The van der Waals surface area contributed by atoms with Crippen LogP contribution in [0.25, 0.3) is 6.08 Å². The van der Waals surface area contributed by atoms with E-state index in [1.807, 2.05) is 30.3 Å². The maximum absolute atomic E-state index is 11.3. The molecule has 0 aliphatic carbocycles. The topological polar surface area (TPSA) is 29.5 Å². The van der Waals surface area contributed by atoms with Crippen LogP contribution in [0.1, 0.15) is 5.56 Å². The van der Waals surface area contributed by atoms with Gasteiger partial charge in [0.25, 0.3) is 5.91 Å². The number of para-hydroxylation sites is 1. The quantitative estimate of drug-likeness (QED) is 0.719. The summed E-state index contributed by atoms with van der Waals surface area (Å²) in [6, 6.07) is 7.55. The highest BCUT2D eigenvalue weighted by Gasteiger charge is 2.16. The molecule has 72 valence electrons. The molecule has 0 N–H and O–H groups in total. The Morgan fingerprint density at radius 3 is 3.00 bits per heavy atom. The van der Waals surface area contributed by atoms with Crippen molar-refractivity contribution in [3.63, 3.8) is 0 Å². The van der Waals surface area contributed by atoms with E-state index in [9.17, 15) is 4.79 Å². The van der Waals surface area contributed by atoms with Crippen molar-refractivity contribution in [3.8, 4) is 5.75 Å². The number of rotatable bonds is 1. The lowest BCUT2D eigenvalue weighted by Crippen LogP contribution is -2.31. The molecule has 4 heteroatoms. The SMILES string of the molecule is O=C(CBr)N1C=Cc2ccccc2O1. The predicted octanol–water partition coefficient (Wildman–Crippen LogP) is 2.19. The molecule has 0 saturated carbocycles. The normalized spacial score (nSPS) is 13.4. The van der Waals surface area contributed by atoms with Crippen LogP contribution in [-0.2, 0) is 4.79 Å². The first-order valence-electron chi connectivity index (χ1n) is 4.14. The third-order valence-corrected chi connectivity index (χ3v) is 2.35. The van der Waals surface area contributed by atoms with E-state index < -0.39 is 0 Å². The van der Waals surface area contributed by atoms with Crippen LogP contribution < -0.4 is 4.84 Å². The summed E-state index contributed by atoms with van der Waals surface area (Å²) < 4.78 is 0. The minimum absolute atomic E-state index is 0.129. The minimum Gasteiger partial charge on any atom is -0.372 e. The molecule has 0 atom stereocenters. The first-order chi connectivity index (χ1) is 6.81. The number of hydrogen-bond acceptors (Lipinski definition) is 2. The summed E-state index contributed by atoms with van der Waals surface area (Å²) in [4.78, 5) is 16.6. The Hall–Kier alpha value is -1.29. The molecule has 3 nitrogen and oxygen atoms in total. The van der Waals surface area contributed by atoms with Crippen molar-refractivity contribution < 1.29 is 9.63 Å². The Balaban J connectivity index is 2.25. The van der Waals surface area contributed by atoms with Gasteiger partial charge in [-0.2, -0.15) is 0 Å². The first-order valence-corrected chi connectivity index (χ1v) is 5.26. The molecule has 0 saturated heterocycles. The zero-order valence-corrected chi connectivity index (χ0v) is 8.90. The van der Waals surface area contributed by atoms with E-state index in [2.05, 4.69) is 15.9 Å². The van der Waals surface area contributed by atoms with Gasteiger partial charge in [-0.25, -0.2) is 0 Å². The van der Waals surface area contributed by atoms with Gasteiger partial charge in [-0.3, -0.25) is 4.79 Å². The number of carbonyl (C=O) groups is 1. The molecule has 0 radical (unpaired) electrons. The third kappa shape index (κ3) is 1.65. The average molecular weight is 254 g/mol. The lowest BCUT2D eigenvalue weighted by atomic mass is 10.2. The molecule has 1 aromatic rings. The van der Waals surface area contributed by atoms with Gasteiger partial charge in [-0.1, -0.05) is 34.1 Å². The molecule has 0 aromatic heterocycles. The maximum atomic E-state index is 11.3. The van der Waals surface area contributed by atoms with E-state index in [4.69, 9.17) is 4.84 Å². The number of carbonyl (C=O) groups excluding carboxylic acids is 1. The molecule has 0 unspecified atom stereocenters. The van der Waals surface area contributed by atoms with Crippen molar-refractivity contribution in [2.45, 2.75) is 0 Å². The largest absolute Gasteiger partial charge is 0.372 e. The fraction of sp³-hybridized carbons (Fsp3) is 0.100. The summed E-state index contributed by atoms with van der Waals surface area (Å²) in [5.41, 5.74) is 0.978. The van der Waals surface area contributed by atoms with Crippen molar-refractivity contribution in [3.05, 3.63) is 36.0 Å². The Morgan fingerprint density at radius 2 is 2.21 bits per heavy atom. The van der Waals surface area contributed by atoms with Crippen LogP contribution in [0.4, 0.5) is 0 Å². The fourth-order valence-corrected chi connectivity index (χ4v) is 1.43. The summed E-state index contributed by atoms with van der Waals surface area (Å²) >= 11 is 3.09. The Labute approximate surface area is 90.1 Å². The van der Waals surface area contributed by atoms with E-state index in [0.717, 1.165) is 5.56 Å². The van der Waals surface area contributed by atoms with Crippen LogP contribution in [0.15, 0.2) is 30.5 Å². The highest BCUT2D eigenvalue weighted by molar-refractivity contribution is 9.09. The maximum Gasteiger partial charge on any atom is 0.270 e. The molecular formula is C10H8BrNO2. The number of amides is 1. The van der Waals surface area contributed by atoms with Gasteiger partial charge in [-0.05, 0) is 12.1 Å². The van der Waals surface area contributed by atoms with Crippen molar-refractivity contribution >= 4 is 27.9 Å². The van der Waals surface area contributed by atoms with Crippen LogP contribution in [0.5, 0.6) is 5.75 Å². The number of benzene rings is 1. The van der Waals surface area contributed by atoms with Crippen molar-refractivity contribution in [1.29, 1.82) is 0 Å². The lowest BCUT2D eigenvalue weighted by Gasteiger charge is -2.22. The van der Waals surface area contributed by atoms with Crippen molar-refractivity contribution in [2.24, 2.45) is 0 Å².